The van der Waals surface area contributed by atoms with Crippen LogP contribution >= 0.6 is 35.3 Å². The quantitative estimate of drug-likeness (QED) is 0.211. The summed E-state index contributed by atoms with van der Waals surface area (Å²) in [5.41, 5.74) is 2.14. The van der Waals surface area contributed by atoms with Gasteiger partial charge in [0.25, 0.3) is 0 Å². The van der Waals surface area contributed by atoms with Crippen LogP contribution in [0.4, 0.5) is 0 Å². The highest BCUT2D eigenvalue weighted by Gasteiger charge is 2.15. The molecule has 1 aromatic heterocycles. The molecule has 8 heteroatoms. The lowest BCUT2D eigenvalue weighted by Crippen LogP contribution is -2.38. The van der Waals surface area contributed by atoms with E-state index in [1.54, 1.807) is 11.3 Å². The Kier molecular flexibility index (Phi) is 11.5. The van der Waals surface area contributed by atoms with Gasteiger partial charge in [-0.1, -0.05) is 30.3 Å². The van der Waals surface area contributed by atoms with Crippen molar-refractivity contribution in [2.75, 3.05) is 39.5 Å². The second kappa shape index (κ2) is 13.9. The number of nitrogens with zero attached hydrogens (tertiary/aromatic N) is 2. The number of thiazole rings is 1. The molecule has 160 valence electrons. The highest BCUT2D eigenvalue weighted by Crippen LogP contribution is 2.23. The van der Waals surface area contributed by atoms with Crippen molar-refractivity contribution < 1.29 is 9.47 Å². The zero-order valence-electron chi connectivity index (χ0n) is 16.9. The van der Waals surface area contributed by atoms with Gasteiger partial charge in [-0.05, 0) is 19.8 Å². The summed E-state index contributed by atoms with van der Waals surface area (Å²) < 4.78 is 11.1. The van der Waals surface area contributed by atoms with Gasteiger partial charge in [0.05, 0.1) is 25.5 Å². The van der Waals surface area contributed by atoms with Crippen LogP contribution in [-0.4, -0.2) is 50.5 Å². The minimum Gasteiger partial charge on any atom is -0.381 e. The molecule has 0 saturated carbocycles. The Bertz CT molecular complexity index is 720. The number of hydrogen-bond acceptors (Lipinski definition) is 5. The van der Waals surface area contributed by atoms with E-state index in [2.05, 4.69) is 40.1 Å². The Morgan fingerprint density at radius 3 is 2.93 bits per heavy atom. The molecule has 29 heavy (non-hydrogen) atoms. The Hall–Kier alpha value is -1.23. The van der Waals surface area contributed by atoms with Gasteiger partial charge in [-0.3, -0.25) is 0 Å². The fourth-order valence-electron chi connectivity index (χ4n) is 2.94. The topological polar surface area (TPSA) is 67.8 Å². The van der Waals surface area contributed by atoms with Gasteiger partial charge in [0.2, 0.25) is 0 Å². The first-order valence-electron chi connectivity index (χ1n) is 10.0. The molecule has 3 rings (SSSR count). The van der Waals surface area contributed by atoms with Crippen LogP contribution in [0.25, 0.3) is 10.6 Å². The monoisotopic (exact) mass is 530 g/mol. The minimum absolute atomic E-state index is 0. The maximum atomic E-state index is 5.74. The Morgan fingerprint density at radius 2 is 2.17 bits per heavy atom. The second-order valence-electron chi connectivity index (χ2n) is 6.79. The lowest BCUT2D eigenvalue weighted by Gasteiger charge is -2.12. The number of hydrogen-bond donors (Lipinski definition) is 2. The first-order valence-corrected chi connectivity index (χ1v) is 10.9. The first kappa shape index (κ1) is 24.0. The van der Waals surface area contributed by atoms with Gasteiger partial charge in [0, 0.05) is 43.2 Å². The van der Waals surface area contributed by atoms with Crippen LogP contribution in [-0.2, 0) is 16.0 Å². The largest absolute Gasteiger partial charge is 0.381 e. The molecule has 6 nitrogen and oxygen atoms in total. The van der Waals surface area contributed by atoms with Gasteiger partial charge in [0.1, 0.15) is 5.01 Å². The zero-order valence-corrected chi connectivity index (χ0v) is 20.1. The zero-order chi connectivity index (χ0) is 19.4. The van der Waals surface area contributed by atoms with Gasteiger partial charge in [-0.25, -0.2) is 9.98 Å². The van der Waals surface area contributed by atoms with Crippen molar-refractivity contribution in [3.05, 3.63) is 41.4 Å². The van der Waals surface area contributed by atoms with Crippen LogP contribution in [0.1, 0.15) is 25.5 Å². The fourth-order valence-corrected chi connectivity index (χ4v) is 3.76. The summed E-state index contributed by atoms with van der Waals surface area (Å²) in [6.07, 6.45) is 2.07. The molecule has 1 saturated heterocycles. The molecule has 0 bridgehead atoms. The van der Waals surface area contributed by atoms with Gasteiger partial charge in [0.15, 0.2) is 5.96 Å². The highest BCUT2D eigenvalue weighted by atomic mass is 127. The van der Waals surface area contributed by atoms with Crippen molar-refractivity contribution in [2.24, 2.45) is 10.9 Å². The van der Waals surface area contributed by atoms with E-state index in [1.165, 1.54) is 0 Å². The Balaban J connectivity index is 0.00000300. The Morgan fingerprint density at radius 1 is 1.31 bits per heavy atom. The number of rotatable bonds is 10. The number of aromatic nitrogens is 1. The molecule has 2 N–H and O–H groups in total. The van der Waals surface area contributed by atoms with Crippen molar-refractivity contribution in [2.45, 2.75) is 26.3 Å². The third-order valence-electron chi connectivity index (χ3n) is 4.45. The molecule has 1 aliphatic rings. The van der Waals surface area contributed by atoms with Gasteiger partial charge < -0.3 is 20.1 Å². The third-order valence-corrected chi connectivity index (χ3v) is 5.39. The van der Waals surface area contributed by atoms with E-state index in [-0.39, 0.29) is 24.0 Å². The average molecular weight is 530 g/mol. The van der Waals surface area contributed by atoms with Crippen LogP contribution in [0.3, 0.4) is 0 Å². The van der Waals surface area contributed by atoms with E-state index in [9.17, 15) is 0 Å². The van der Waals surface area contributed by atoms with E-state index in [1.807, 2.05) is 18.2 Å². The molecule has 1 aliphatic heterocycles. The first-order chi connectivity index (χ1) is 13.8. The molecule has 1 fully saturated rings. The number of halogens is 1. The number of aliphatic imine (C=N–C) groups is 1. The fraction of sp³-hybridized carbons (Fsp3) is 0.524. The summed E-state index contributed by atoms with van der Waals surface area (Å²) in [5.74, 6) is 1.40. The lowest BCUT2D eigenvalue weighted by molar-refractivity contribution is 0.0888. The van der Waals surface area contributed by atoms with Crippen molar-refractivity contribution in [1.82, 2.24) is 15.6 Å². The predicted molar refractivity (Wildman–Crippen MR) is 130 cm³/mol. The number of ether oxygens (including phenoxy) is 2. The number of nitrogens with one attached hydrogen (secondary N) is 2. The molecule has 2 aromatic rings. The predicted octanol–water partition coefficient (Wildman–Crippen LogP) is 3.93. The third kappa shape index (κ3) is 8.57. The molecule has 0 spiro atoms. The molecule has 1 atom stereocenters. The van der Waals surface area contributed by atoms with Crippen LogP contribution in [0.15, 0.2) is 40.7 Å². The summed E-state index contributed by atoms with van der Waals surface area (Å²) in [6, 6.07) is 10.3. The van der Waals surface area contributed by atoms with Gasteiger partial charge >= 0.3 is 0 Å². The molecular formula is C21H31IN4O2S. The maximum absolute atomic E-state index is 5.74. The van der Waals surface area contributed by atoms with Crippen LogP contribution in [0.5, 0.6) is 0 Å². The molecule has 0 radical (unpaired) electrons. The van der Waals surface area contributed by atoms with Crippen molar-refractivity contribution >= 4 is 41.3 Å². The van der Waals surface area contributed by atoms with E-state index >= 15 is 0 Å². The van der Waals surface area contributed by atoms with Crippen LogP contribution in [0, 0.1) is 5.92 Å². The van der Waals surface area contributed by atoms with Crippen molar-refractivity contribution in [3.8, 4) is 10.6 Å². The Labute approximate surface area is 194 Å². The normalized spacial score (nSPS) is 16.4. The molecule has 1 aromatic carbocycles. The van der Waals surface area contributed by atoms with E-state index in [0.717, 1.165) is 74.6 Å². The summed E-state index contributed by atoms with van der Waals surface area (Å²) >= 11 is 1.66. The summed E-state index contributed by atoms with van der Waals surface area (Å²) in [4.78, 5) is 9.35. The SMILES string of the molecule is CCNC(=NCc1csc(-c2ccccc2)n1)NCCCOCC1CCOC1.I. The smallest absolute Gasteiger partial charge is 0.191 e. The number of guanidine groups is 1. The van der Waals surface area contributed by atoms with E-state index in [4.69, 9.17) is 14.5 Å². The highest BCUT2D eigenvalue weighted by molar-refractivity contribution is 14.0. The average Bonchev–Trinajstić information content (AvgIpc) is 3.41. The van der Waals surface area contributed by atoms with Gasteiger partial charge in [-0.15, -0.1) is 35.3 Å². The molecule has 2 heterocycles. The standard InChI is InChI=1S/C21H30N4O2S.HI/c1-2-22-21(23-10-6-11-26-14-17-9-12-27-15-17)24-13-19-16-28-20(25-19)18-7-4-3-5-8-18;/h3-5,7-8,16-17H,2,6,9-15H2,1H3,(H2,22,23,24);1H. The van der Waals surface area contributed by atoms with E-state index < -0.39 is 0 Å². The lowest BCUT2D eigenvalue weighted by atomic mass is 10.1. The minimum atomic E-state index is 0. The van der Waals surface area contributed by atoms with Gasteiger partial charge in [-0.2, -0.15) is 0 Å². The van der Waals surface area contributed by atoms with E-state index in [0.29, 0.717) is 12.5 Å². The summed E-state index contributed by atoms with van der Waals surface area (Å²) in [6.45, 7) is 7.59. The molecule has 1 unspecified atom stereocenters. The summed E-state index contributed by atoms with van der Waals surface area (Å²) in [5, 5.41) is 9.77. The second-order valence-corrected chi connectivity index (χ2v) is 7.65. The molecule has 0 aliphatic carbocycles. The van der Waals surface area contributed by atoms with Crippen LogP contribution < -0.4 is 10.6 Å². The summed E-state index contributed by atoms with van der Waals surface area (Å²) in [7, 11) is 0. The molecule has 0 amide bonds. The van der Waals surface area contributed by atoms with Crippen molar-refractivity contribution in [1.29, 1.82) is 0 Å². The maximum Gasteiger partial charge on any atom is 0.191 e. The van der Waals surface area contributed by atoms with Crippen molar-refractivity contribution in [3.63, 3.8) is 0 Å². The van der Waals surface area contributed by atoms with Crippen LogP contribution in [0.2, 0.25) is 0 Å². The molecular weight excluding hydrogens is 499 g/mol. The number of benzene rings is 1.